The van der Waals surface area contributed by atoms with Crippen molar-refractivity contribution in [3.05, 3.63) is 24.3 Å². The van der Waals surface area contributed by atoms with Crippen LogP contribution in [0.4, 0.5) is 0 Å². The highest BCUT2D eigenvalue weighted by Gasteiger charge is 2.16. The van der Waals surface area contributed by atoms with Gasteiger partial charge in [0.2, 0.25) is 0 Å². The zero-order valence-electron chi connectivity index (χ0n) is 10.5. The molecular weight excluding hydrogens is 234 g/mol. The van der Waals surface area contributed by atoms with Crippen molar-refractivity contribution in [3.63, 3.8) is 0 Å². The van der Waals surface area contributed by atoms with Gasteiger partial charge in [-0.1, -0.05) is 13.8 Å². The van der Waals surface area contributed by atoms with E-state index in [1.807, 2.05) is 23.5 Å². The first-order valence-corrected chi connectivity index (χ1v) is 7.28. The Balaban J connectivity index is 2.64. The van der Waals surface area contributed by atoms with Gasteiger partial charge in [0, 0.05) is 26.3 Å². The summed E-state index contributed by atoms with van der Waals surface area (Å²) in [4.78, 5) is 2.63. The lowest BCUT2D eigenvalue weighted by Crippen LogP contribution is -2.26. The summed E-state index contributed by atoms with van der Waals surface area (Å²) in [5.41, 5.74) is 5.72. The maximum Gasteiger partial charge on any atom is 0.0273 e. The van der Waals surface area contributed by atoms with Crippen molar-refractivity contribution in [2.24, 2.45) is 5.73 Å². The van der Waals surface area contributed by atoms with Crippen LogP contribution in [0, 0.1) is 0 Å². The highest BCUT2D eigenvalue weighted by atomic mass is 32.2. The van der Waals surface area contributed by atoms with E-state index in [-0.39, 0.29) is 4.75 Å². The Labute approximate surface area is 108 Å². The molecule has 90 valence electrons. The van der Waals surface area contributed by atoms with Gasteiger partial charge in [-0.25, -0.2) is 0 Å². The van der Waals surface area contributed by atoms with E-state index in [1.54, 1.807) is 0 Å². The van der Waals surface area contributed by atoms with Gasteiger partial charge in [-0.15, -0.1) is 23.5 Å². The van der Waals surface area contributed by atoms with Gasteiger partial charge in [0.25, 0.3) is 0 Å². The van der Waals surface area contributed by atoms with Crippen LogP contribution in [0.15, 0.2) is 34.1 Å². The van der Waals surface area contributed by atoms with Crippen molar-refractivity contribution in [1.82, 2.24) is 0 Å². The van der Waals surface area contributed by atoms with Gasteiger partial charge >= 0.3 is 0 Å². The molecule has 1 aromatic carbocycles. The second kappa shape index (κ2) is 5.99. The lowest BCUT2D eigenvalue weighted by atomic mass is 10.2. The van der Waals surface area contributed by atoms with E-state index < -0.39 is 0 Å². The minimum absolute atomic E-state index is 0.118. The normalized spacial score (nSPS) is 12.1. The van der Waals surface area contributed by atoms with Gasteiger partial charge in [-0.05, 0) is 38.1 Å². The SMILES string of the molecule is CC(C)Sc1ccc(SC(C)(C)CN)cc1. The molecule has 0 radical (unpaired) electrons. The van der Waals surface area contributed by atoms with Gasteiger partial charge in [0.15, 0.2) is 0 Å². The standard InChI is InChI=1S/C13H21NS2/c1-10(2)15-11-5-7-12(8-6-11)16-13(3,4)9-14/h5-8,10H,9,14H2,1-4H3. The molecule has 2 N–H and O–H groups in total. The molecule has 0 aliphatic heterocycles. The lowest BCUT2D eigenvalue weighted by Gasteiger charge is -2.21. The molecule has 0 spiro atoms. The van der Waals surface area contributed by atoms with E-state index in [4.69, 9.17) is 5.73 Å². The highest BCUT2D eigenvalue weighted by Crippen LogP contribution is 2.33. The Morgan fingerprint density at radius 3 is 2.06 bits per heavy atom. The van der Waals surface area contributed by atoms with Crippen LogP contribution < -0.4 is 5.73 Å². The van der Waals surface area contributed by atoms with Crippen LogP contribution in [0.5, 0.6) is 0 Å². The molecule has 0 aliphatic rings. The van der Waals surface area contributed by atoms with E-state index in [9.17, 15) is 0 Å². The average molecular weight is 255 g/mol. The predicted molar refractivity (Wildman–Crippen MR) is 76.4 cm³/mol. The van der Waals surface area contributed by atoms with Crippen molar-refractivity contribution < 1.29 is 0 Å². The molecule has 0 bridgehead atoms. The van der Waals surface area contributed by atoms with Crippen molar-refractivity contribution in [3.8, 4) is 0 Å². The molecule has 0 aliphatic carbocycles. The maximum atomic E-state index is 5.72. The van der Waals surface area contributed by atoms with E-state index in [0.29, 0.717) is 11.8 Å². The smallest absolute Gasteiger partial charge is 0.0273 e. The third kappa shape index (κ3) is 4.81. The highest BCUT2D eigenvalue weighted by molar-refractivity contribution is 8.00. The second-order valence-electron chi connectivity index (χ2n) is 4.70. The van der Waals surface area contributed by atoms with Gasteiger partial charge in [-0.2, -0.15) is 0 Å². The fourth-order valence-electron chi connectivity index (χ4n) is 1.22. The molecule has 0 heterocycles. The summed E-state index contributed by atoms with van der Waals surface area (Å²) in [6, 6.07) is 8.76. The minimum Gasteiger partial charge on any atom is -0.329 e. The van der Waals surface area contributed by atoms with Crippen LogP contribution in [0.25, 0.3) is 0 Å². The monoisotopic (exact) mass is 255 g/mol. The van der Waals surface area contributed by atoms with Crippen molar-refractivity contribution >= 4 is 23.5 Å². The van der Waals surface area contributed by atoms with Crippen LogP contribution in [0.2, 0.25) is 0 Å². The summed E-state index contributed by atoms with van der Waals surface area (Å²) >= 11 is 3.74. The third-order valence-corrected chi connectivity index (χ3v) is 4.32. The van der Waals surface area contributed by atoms with Gasteiger partial charge < -0.3 is 5.73 Å². The van der Waals surface area contributed by atoms with Gasteiger partial charge in [0.1, 0.15) is 0 Å². The fourth-order valence-corrected chi connectivity index (χ4v) is 3.05. The average Bonchev–Trinajstić information content (AvgIpc) is 2.20. The van der Waals surface area contributed by atoms with E-state index in [2.05, 4.69) is 52.0 Å². The number of nitrogens with two attached hydrogens (primary N) is 1. The Bertz CT molecular complexity index is 317. The Morgan fingerprint density at radius 2 is 1.62 bits per heavy atom. The molecule has 0 saturated heterocycles. The lowest BCUT2D eigenvalue weighted by molar-refractivity contribution is 0.723. The van der Waals surface area contributed by atoms with E-state index in [1.165, 1.54) is 9.79 Å². The quantitative estimate of drug-likeness (QED) is 0.805. The summed E-state index contributed by atoms with van der Waals surface area (Å²) in [6.07, 6.45) is 0. The third-order valence-electron chi connectivity index (χ3n) is 2.08. The Hall–Kier alpha value is -0.120. The molecule has 3 heteroatoms. The molecular formula is C13H21NS2. The zero-order valence-corrected chi connectivity index (χ0v) is 12.1. The molecule has 0 aromatic heterocycles. The molecule has 1 aromatic rings. The van der Waals surface area contributed by atoms with Gasteiger partial charge in [-0.3, -0.25) is 0 Å². The summed E-state index contributed by atoms with van der Waals surface area (Å²) in [7, 11) is 0. The van der Waals surface area contributed by atoms with Crippen LogP contribution in [0.3, 0.4) is 0 Å². The molecule has 0 saturated carbocycles. The van der Waals surface area contributed by atoms with Crippen molar-refractivity contribution in [1.29, 1.82) is 0 Å². The molecule has 16 heavy (non-hydrogen) atoms. The molecule has 0 amide bonds. The van der Waals surface area contributed by atoms with E-state index in [0.717, 1.165) is 0 Å². The maximum absolute atomic E-state index is 5.72. The van der Waals surface area contributed by atoms with Crippen molar-refractivity contribution in [2.45, 2.75) is 47.5 Å². The fraction of sp³-hybridized carbons (Fsp3) is 0.538. The summed E-state index contributed by atoms with van der Waals surface area (Å²) in [5.74, 6) is 0. The minimum atomic E-state index is 0.118. The molecule has 1 nitrogen and oxygen atoms in total. The molecule has 1 rings (SSSR count). The number of hydrogen-bond donors (Lipinski definition) is 1. The van der Waals surface area contributed by atoms with Crippen LogP contribution >= 0.6 is 23.5 Å². The number of thioether (sulfide) groups is 2. The predicted octanol–water partition coefficient (Wildman–Crippen LogP) is 4.02. The summed E-state index contributed by atoms with van der Waals surface area (Å²) in [5, 5.41) is 0.638. The summed E-state index contributed by atoms with van der Waals surface area (Å²) < 4.78 is 0.118. The molecule has 0 atom stereocenters. The second-order valence-corrected chi connectivity index (χ2v) is 8.13. The zero-order chi connectivity index (χ0) is 12.2. The van der Waals surface area contributed by atoms with E-state index >= 15 is 0 Å². The number of benzene rings is 1. The summed E-state index contributed by atoms with van der Waals surface area (Å²) in [6.45, 7) is 9.47. The topological polar surface area (TPSA) is 26.0 Å². The van der Waals surface area contributed by atoms with Crippen molar-refractivity contribution in [2.75, 3.05) is 6.54 Å². The first kappa shape index (κ1) is 13.9. The number of rotatable bonds is 5. The first-order chi connectivity index (χ1) is 7.43. The van der Waals surface area contributed by atoms with Crippen LogP contribution in [-0.4, -0.2) is 16.5 Å². The first-order valence-electron chi connectivity index (χ1n) is 5.59. The van der Waals surface area contributed by atoms with Gasteiger partial charge in [0.05, 0.1) is 0 Å². The Morgan fingerprint density at radius 1 is 1.12 bits per heavy atom. The van der Waals surface area contributed by atoms with Crippen LogP contribution in [-0.2, 0) is 0 Å². The Kier molecular flexibility index (Phi) is 5.22. The molecule has 0 fully saturated rings. The number of hydrogen-bond acceptors (Lipinski definition) is 3. The largest absolute Gasteiger partial charge is 0.329 e. The van der Waals surface area contributed by atoms with Crippen LogP contribution in [0.1, 0.15) is 27.7 Å². The molecule has 0 unspecified atom stereocenters.